The summed E-state index contributed by atoms with van der Waals surface area (Å²) in [6.45, 7) is 3.85. The Labute approximate surface area is 174 Å². The van der Waals surface area contributed by atoms with Crippen LogP contribution in [0, 0.1) is 13.8 Å². The van der Waals surface area contributed by atoms with Crippen LogP contribution in [0.5, 0.6) is 11.5 Å². The highest BCUT2D eigenvalue weighted by molar-refractivity contribution is 5.93. The van der Waals surface area contributed by atoms with Crippen LogP contribution in [-0.4, -0.2) is 24.6 Å². The van der Waals surface area contributed by atoms with Gasteiger partial charge in [-0.3, -0.25) is 4.79 Å². The average molecular weight is 402 g/mol. The fraction of sp³-hybridized carbons (Fsp3) is 0.167. The zero-order valence-corrected chi connectivity index (χ0v) is 17.1. The number of fused-ring (bicyclic) bond motifs is 1. The van der Waals surface area contributed by atoms with Crippen molar-refractivity contribution >= 4 is 22.7 Å². The van der Waals surface area contributed by atoms with E-state index in [1.54, 1.807) is 31.4 Å². The third kappa shape index (κ3) is 4.27. The van der Waals surface area contributed by atoms with E-state index in [9.17, 15) is 4.79 Å². The molecule has 3 aromatic carbocycles. The van der Waals surface area contributed by atoms with E-state index >= 15 is 0 Å². The van der Waals surface area contributed by atoms with Crippen molar-refractivity contribution in [1.29, 1.82) is 0 Å². The quantitative estimate of drug-likeness (QED) is 0.483. The fourth-order valence-electron chi connectivity index (χ4n) is 3.06. The van der Waals surface area contributed by atoms with E-state index in [0.717, 1.165) is 33.5 Å². The number of oxazole rings is 1. The third-order valence-electron chi connectivity index (χ3n) is 4.73. The topological polar surface area (TPSA) is 73.6 Å². The zero-order chi connectivity index (χ0) is 21.1. The number of anilines is 1. The number of hydrogen-bond donors (Lipinski definition) is 1. The van der Waals surface area contributed by atoms with Crippen LogP contribution in [0.4, 0.5) is 5.69 Å². The molecule has 1 heterocycles. The summed E-state index contributed by atoms with van der Waals surface area (Å²) in [6, 6.07) is 18.7. The molecule has 1 amide bonds. The highest BCUT2D eigenvalue weighted by Gasteiger charge is 2.12. The second kappa shape index (κ2) is 8.29. The van der Waals surface area contributed by atoms with Gasteiger partial charge in [0.2, 0.25) is 5.89 Å². The van der Waals surface area contributed by atoms with Gasteiger partial charge >= 0.3 is 0 Å². The minimum Gasteiger partial charge on any atom is -0.497 e. The summed E-state index contributed by atoms with van der Waals surface area (Å²) in [5.41, 5.74) is 5.08. The van der Waals surface area contributed by atoms with E-state index in [2.05, 4.69) is 10.3 Å². The van der Waals surface area contributed by atoms with E-state index in [4.69, 9.17) is 13.9 Å². The smallest absolute Gasteiger partial charge is 0.262 e. The van der Waals surface area contributed by atoms with Gasteiger partial charge in [-0.2, -0.15) is 0 Å². The van der Waals surface area contributed by atoms with Gasteiger partial charge in [0, 0.05) is 11.3 Å². The number of aromatic nitrogens is 1. The SMILES string of the molecule is COc1ccc(OCC(=O)Nc2cc(-c3nc4cc(C)ccc4o3)ccc2C)cc1. The van der Waals surface area contributed by atoms with Crippen molar-refractivity contribution in [3.8, 4) is 23.0 Å². The summed E-state index contributed by atoms with van der Waals surface area (Å²) < 4.78 is 16.5. The van der Waals surface area contributed by atoms with Crippen molar-refractivity contribution in [2.24, 2.45) is 0 Å². The first kappa shape index (κ1) is 19.5. The molecule has 0 radical (unpaired) electrons. The number of amides is 1. The Morgan fingerprint density at radius 3 is 2.53 bits per heavy atom. The van der Waals surface area contributed by atoms with Gasteiger partial charge in [0.25, 0.3) is 5.91 Å². The Hall–Kier alpha value is -3.80. The highest BCUT2D eigenvalue weighted by atomic mass is 16.5. The first-order valence-corrected chi connectivity index (χ1v) is 9.57. The van der Waals surface area contributed by atoms with Crippen LogP contribution in [0.2, 0.25) is 0 Å². The highest BCUT2D eigenvalue weighted by Crippen LogP contribution is 2.28. The molecule has 0 saturated heterocycles. The molecule has 152 valence electrons. The van der Waals surface area contributed by atoms with Crippen molar-refractivity contribution in [2.75, 3.05) is 19.0 Å². The summed E-state index contributed by atoms with van der Waals surface area (Å²) >= 11 is 0. The number of ether oxygens (including phenoxy) is 2. The number of nitrogens with zero attached hydrogens (tertiary/aromatic N) is 1. The zero-order valence-electron chi connectivity index (χ0n) is 17.1. The maximum Gasteiger partial charge on any atom is 0.262 e. The van der Waals surface area contributed by atoms with Crippen LogP contribution in [0.1, 0.15) is 11.1 Å². The standard InChI is InChI=1S/C24H22N2O4/c1-15-4-11-22-21(12-15)26-24(30-22)17-6-5-16(2)20(13-17)25-23(27)14-29-19-9-7-18(28-3)8-10-19/h4-13H,14H2,1-3H3,(H,25,27). The Balaban J connectivity index is 1.47. The second-order valence-corrected chi connectivity index (χ2v) is 7.03. The van der Waals surface area contributed by atoms with Crippen molar-refractivity contribution in [2.45, 2.75) is 13.8 Å². The number of carbonyl (C=O) groups excluding carboxylic acids is 1. The molecular formula is C24H22N2O4. The fourth-order valence-corrected chi connectivity index (χ4v) is 3.06. The first-order chi connectivity index (χ1) is 14.5. The molecule has 30 heavy (non-hydrogen) atoms. The Morgan fingerprint density at radius 1 is 1.00 bits per heavy atom. The van der Waals surface area contributed by atoms with E-state index < -0.39 is 0 Å². The van der Waals surface area contributed by atoms with Crippen LogP contribution < -0.4 is 14.8 Å². The number of rotatable bonds is 6. The number of benzene rings is 3. The van der Waals surface area contributed by atoms with E-state index in [1.165, 1.54) is 0 Å². The van der Waals surface area contributed by atoms with Gasteiger partial charge in [0.15, 0.2) is 12.2 Å². The van der Waals surface area contributed by atoms with Gasteiger partial charge in [-0.05, 0) is 73.5 Å². The lowest BCUT2D eigenvalue weighted by Crippen LogP contribution is -2.20. The molecule has 0 unspecified atom stereocenters. The van der Waals surface area contributed by atoms with Gasteiger partial charge in [-0.15, -0.1) is 0 Å². The number of hydrogen-bond acceptors (Lipinski definition) is 5. The molecule has 0 fully saturated rings. The lowest BCUT2D eigenvalue weighted by molar-refractivity contribution is -0.118. The summed E-state index contributed by atoms with van der Waals surface area (Å²) in [4.78, 5) is 17.0. The van der Waals surface area contributed by atoms with Crippen molar-refractivity contribution in [3.05, 3.63) is 71.8 Å². The molecule has 0 aliphatic heterocycles. The van der Waals surface area contributed by atoms with Crippen LogP contribution >= 0.6 is 0 Å². The predicted octanol–water partition coefficient (Wildman–Crippen LogP) is 5.14. The molecule has 1 aromatic heterocycles. The summed E-state index contributed by atoms with van der Waals surface area (Å²) in [5, 5.41) is 2.90. The monoisotopic (exact) mass is 402 g/mol. The molecule has 4 rings (SSSR count). The minimum atomic E-state index is -0.251. The molecule has 0 saturated carbocycles. The molecule has 4 aromatic rings. The lowest BCUT2D eigenvalue weighted by Gasteiger charge is -2.11. The summed E-state index contributed by atoms with van der Waals surface area (Å²) in [6.07, 6.45) is 0. The number of carbonyl (C=O) groups is 1. The Kier molecular flexibility index (Phi) is 5.39. The van der Waals surface area contributed by atoms with Crippen LogP contribution in [0.3, 0.4) is 0 Å². The second-order valence-electron chi connectivity index (χ2n) is 7.03. The van der Waals surface area contributed by atoms with Gasteiger partial charge in [0.1, 0.15) is 17.0 Å². The molecular weight excluding hydrogens is 380 g/mol. The van der Waals surface area contributed by atoms with Crippen LogP contribution in [0.15, 0.2) is 65.1 Å². The third-order valence-corrected chi connectivity index (χ3v) is 4.73. The predicted molar refractivity (Wildman–Crippen MR) is 116 cm³/mol. The van der Waals surface area contributed by atoms with Crippen LogP contribution in [0.25, 0.3) is 22.6 Å². The van der Waals surface area contributed by atoms with Gasteiger partial charge < -0.3 is 19.2 Å². The van der Waals surface area contributed by atoms with Crippen LogP contribution in [-0.2, 0) is 4.79 Å². The normalized spacial score (nSPS) is 10.8. The molecule has 0 aliphatic rings. The van der Waals surface area contributed by atoms with Gasteiger partial charge in [-0.1, -0.05) is 12.1 Å². The summed E-state index contributed by atoms with van der Waals surface area (Å²) in [7, 11) is 1.60. The number of aryl methyl sites for hydroxylation is 2. The van der Waals surface area contributed by atoms with E-state index in [1.807, 2.05) is 50.2 Å². The van der Waals surface area contributed by atoms with E-state index in [0.29, 0.717) is 17.3 Å². The molecule has 6 heteroatoms. The van der Waals surface area contributed by atoms with Crippen molar-refractivity contribution in [3.63, 3.8) is 0 Å². The maximum atomic E-state index is 12.4. The molecule has 0 bridgehead atoms. The van der Waals surface area contributed by atoms with Crippen molar-refractivity contribution in [1.82, 2.24) is 4.98 Å². The molecule has 1 N–H and O–H groups in total. The van der Waals surface area contributed by atoms with E-state index in [-0.39, 0.29) is 12.5 Å². The van der Waals surface area contributed by atoms with Gasteiger partial charge in [0.05, 0.1) is 7.11 Å². The first-order valence-electron chi connectivity index (χ1n) is 9.57. The lowest BCUT2D eigenvalue weighted by atomic mass is 10.1. The minimum absolute atomic E-state index is 0.0990. The molecule has 6 nitrogen and oxygen atoms in total. The molecule has 0 atom stereocenters. The van der Waals surface area contributed by atoms with Crippen molar-refractivity contribution < 1.29 is 18.7 Å². The Morgan fingerprint density at radius 2 is 1.77 bits per heavy atom. The number of nitrogens with one attached hydrogen (secondary N) is 1. The number of methoxy groups -OCH3 is 1. The summed E-state index contributed by atoms with van der Waals surface area (Å²) in [5.74, 6) is 1.59. The maximum absolute atomic E-state index is 12.4. The van der Waals surface area contributed by atoms with Gasteiger partial charge in [-0.25, -0.2) is 4.98 Å². The Bertz CT molecular complexity index is 1200. The molecule has 0 spiro atoms. The average Bonchev–Trinajstić information content (AvgIpc) is 3.17. The largest absolute Gasteiger partial charge is 0.497 e. The molecule has 0 aliphatic carbocycles.